The summed E-state index contributed by atoms with van der Waals surface area (Å²) in [5, 5.41) is 21.4. The van der Waals surface area contributed by atoms with Crippen LogP contribution in [0.15, 0.2) is 66.9 Å². The minimum Gasteiger partial charge on any atom is -0.481 e. The molecule has 244 valence electrons. The molecule has 4 N–H and O–H groups in total. The van der Waals surface area contributed by atoms with Crippen molar-refractivity contribution in [2.24, 2.45) is 7.05 Å². The highest BCUT2D eigenvalue weighted by Crippen LogP contribution is 2.42. The van der Waals surface area contributed by atoms with E-state index in [4.69, 9.17) is 37.9 Å². The maximum atomic E-state index is 11.5. The lowest BCUT2D eigenvalue weighted by molar-refractivity contribution is -0.119. The van der Waals surface area contributed by atoms with Crippen molar-refractivity contribution in [1.82, 2.24) is 30.5 Å². The van der Waals surface area contributed by atoms with Crippen LogP contribution in [0.3, 0.4) is 0 Å². The largest absolute Gasteiger partial charge is 0.481 e. The summed E-state index contributed by atoms with van der Waals surface area (Å²) in [5.41, 5.74) is 7.45. The van der Waals surface area contributed by atoms with Crippen LogP contribution in [0.1, 0.15) is 30.9 Å². The van der Waals surface area contributed by atoms with Gasteiger partial charge in [-0.25, -0.2) is 9.97 Å². The number of methoxy groups -OCH3 is 1. The Kier molecular flexibility index (Phi) is 10.1. The van der Waals surface area contributed by atoms with Crippen molar-refractivity contribution in [2.45, 2.75) is 45.0 Å². The first-order valence-electron chi connectivity index (χ1n) is 15.7. The van der Waals surface area contributed by atoms with Crippen LogP contribution >= 0.6 is 23.2 Å². The predicted molar refractivity (Wildman–Crippen MR) is 188 cm³/mol. The van der Waals surface area contributed by atoms with Gasteiger partial charge in [0.15, 0.2) is 0 Å². The van der Waals surface area contributed by atoms with Gasteiger partial charge in [-0.15, -0.1) is 0 Å². The zero-order valence-corrected chi connectivity index (χ0v) is 28.1. The Morgan fingerprint density at radius 1 is 0.936 bits per heavy atom. The van der Waals surface area contributed by atoms with Crippen LogP contribution in [-0.2, 0) is 24.9 Å². The highest BCUT2D eigenvalue weighted by atomic mass is 35.5. The number of aromatic nitrogens is 3. The van der Waals surface area contributed by atoms with E-state index in [9.17, 15) is 9.90 Å². The standard InChI is InChI=1S/C36H38Cl2N6O3/c1-21(45)16-39-18-23-20-44(2)35-25(23)12-14-30(42-35)28-8-4-6-26(33(28)37)27-7-5-9-29(34(27)38)31-13-10-22(36(43-31)47-3)17-40-19-24-11-15-32(46)41-24/h4-10,12-14,20-21,24,39-40,45H,11,15-19H2,1-3H3,(H,41,46)/t21?,24-/m1/s1. The lowest BCUT2D eigenvalue weighted by atomic mass is 9.98. The van der Waals surface area contributed by atoms with Crippen molar-refractivity contribution in [2.75, 3.05) is 20.2 Å². The number of halogens is 2. The van der Waals surface area contributed by atoms with E-state index in [1.807, 2.05) is 66.2 Å². The molecule has 1 fully saturated rings. The molecule has 0 spiro atoms. The summed E-state index contributed by atoms with van der Waals surface area (Å²) in [4.78, 5) is 21.3. The molecule has 1 saturated heterocycles. The summed E-state index contributed by atoms with van der Waals surface area (Å²) in [6.07, 6.45) is 3.06. The zero-order chi connectivity index (χ0) is 33.1. The molecule has 1 amide bonds. The number of carbonyl (C=O) groups excluding carboxylic acids is 1. The normalized spacial score (nSPS) is 15.3. The molecular formula is C36H38Cl2N6O3. The van der Waals surface area contributed by atoms with Crippen molar-refractivity contribution in [3.63, 3.8) is 0 Å². The molecule has 5 aromatic rings. The van der Waals surface area contributed by atoms with Gasteiger partial charge >= 0.3 is 0 Å². The van der Waals surface area contributed by atoms with E-state index >= 15 is 0 Å². The van der Waals surface area contributed by atoms with Gasteiger partial charge < -0.3 is 30.4 Å². The first-order chi connectivity index (χ1) is 22.7. The van der Waals surface area contributed by atoms with Crippen molar-refractivity contribution in [1.29, 1.82) is 0 Å². The number of hydrogen-bond acceptors (Lipinski definition) is 7. The van der Waals surface area contributed by atoms with Gasteiger partial charge in [0.05, 0.1) is 34.6 Å². The van der Waals surface area contributed by atoms with Gasteiger partial charge in [0.2, 0.25) is 11.8 Å². The van der Waals surface area contributed by atoms with Crippen LogP contribution in [0.4, 0.5) is 0 Å². The molecule has 6 rings (SSSR count). The van der Waals surface area contributed by atoms with Gasteiger partial charge in [-0.2, -0.15) is 0 Å². The highest BCUT2D eigenvalue weighted by molar-refractivity contribution is 6.39. The quantitative estimate of drug-likeness (QED) is 0.126. The van der Waals surface area contributed by atoms with E-state index in [0.717, 1.165) is 56.5 Å². The first kappa shape index (κ1) is 32.9. The molecule has 9 nitrogen and oxygen atoms in total. The van der Waals surface area contributed by atoms with Crippen LogP contribution in [0.25, 0.3) is 44.7 Å². The Morgan fingerprint density at radius 3 is 2.21 bits per heavy atom. The maximum absolute atomic E-state index is 11.5. The van der Waals surface area contributed by atoms with Gasteiger partial charge in [0.25, 0.3) is 0 Å². The number of nitrogens with one attached hydrogen (secondary N) is 3. The van der Waals surface area contributed by atoms with Gasteiger partial charge in [-0.1, -0.05) is 65.7 Å². The Bertz CT molecular complexity index is 1930. The van der Waals surface area contributed by atoms with E-state index in [1.165, 1.54) is 0 Å². The van der Waals surface area contributed by atoms with Crippen molar-refractivity contribution >= 4 is 40.1 Å². The molecule has 1 aliphatic heterocycles. The van der Waals surface area contributed by atoms with Gasteiger partial charge in [-0.3, -0.25) is 4.79 Å². The Labute approximate surface area is 284 Å². The number of aliphatic hydroxyl groups excluding tert-OH is 1. The van der Waals surface area contributed by atoms with Crippen LogP contribution in [0.2, 0.25) is 10.0 Å². The van der Waals surface area contributed by atoms with E-state index in [0.29, 0.717) is 54.2 Å². The summed E-state index contributed by atoms with van der Waals surface area (Å²) in [6.45, 7) is 4.16. The molecule has 4 heterocycles. The van der Waals surface area contributed by atoms with E-state index in [-0.39, 0.29) is 11.9 Å². The molecular weight excluding hydrogens is 635 g/mol. The van der Waals surface area contributed by atoms with Crippen molar-refractivity contribution in [3.8, 4) is 39.5 Å². The first-order valence-corrected chi connectivity index (χ1v) is 16.4. The van der Waals surface area contributed by atoms with E-state index in [1.54, 1.807) is 14.0 Å². The summed E-state index contributed by atoms with van der Waals surface area (Å²) in [7, 11) is 3.58. The third-order valence-electron chi connectivity index (χ3n) is 8.42. The smallest absolute Gasteiger partial charge is 0.220 e. The monoisotopic (exact) mass is 672 g/mol. The molecule has 0 saturated carbocycles. The van der Waals surface area contributed by atoms with Gasteiger partial charge in [0, 0.05) is 85.1 Å². The molecule has 1 unspecified atom stereocenters. The minimum atomic E-state index is -0.412. The number of fused-ring (bicyclic) bond motifs is 1. The van der Waals surface area contributed by atoms with E-state index in [2.05, 4.69) is 28.2 Å². The fourth-order valence-corrected chi connectivity index (χ4v) is 6.71. The van der Waals surface area contributed by atoms with Crippen molar-refractivity contribution < 1.29 is 14.6 Å². The topological polar surface area (TPSA) is 113 Å². The van der Waals surface area contributed by atoms with Gasteiger partial charge in [0.1, 0.15) is 5.65 Å². The number of rotatable bonds is 12. The maximum Gasteiger partial charge on any atom is 0.220 e. The number of nitrogens with zero attached hydrogens (tertiary/aromatic N) is 3. The SMILES string of the molecule is COc1nc(-c2cccc(-c3cccc(-c4ccc5c(CNCC(C)O)cn(C)c5n4)c3Cl)c2Cl)ccc1CNC[C@H]1CCC(=O)N1. The fourth-order valence-electron chi connectivity index (χ4n) is 6.06. The number of hydrogen-bond donors (Lipinski definition) is 4. The summed E-state index contributed by atoms with van der Waals surface area (Å²) >= 11 is 14.2. The molecule has 11 heteroatoms. The average Bonchev–Trinajstić information content (AvgIpc) is 3.62. The molecule has 0 bridgehead atoms. The van der Waals surface area contributed by atoms with Crippen LogP contribution in [-0.4, -0.2) is 57.9 Å². The molecule has 1 aliphatic rings. The number of amides is 1. The summed E-state index contributed by atoms with van der Waals surface area (Å²) < 4.78 is 7.66. The van der Waals surface area contributed by atoms with Crippen LogP contribution in [0.5, 0.6) is 5.88 Å². The summed E-state index contributed by atoms with van der Waals surface area (Å²) in [6, 6.07) is 19.8. The Balaban J connectivity index is 1.26. The van der Waals surface area contributed by atoms with Gasteiger partial charge in [-0.05, 0) is 37.1 Å². The van der Waals surface area contributed by atoms with E-state index < -0.39 is 6.10 Å². The Hall–Kier alpha value is -3.99. The molecule has 3 aromatic heterocycles. The number of aryl methyl sites for hydroxylation is 1. The second-order valence-electron chi connectivity index (χ2n) is 11.9. The van der Waals surface area contributed by atoms with Crippen LogP contribution in [0, 0.1) is 0 Å². The second-order valence-corrected chi connectivity index (χ2v) is 12.7. The second kappa shape index (κ2) is 14.4. The molecule has 2 aromatic carbocycles. The number of benzene rings is 2. The number of pyridine rings is 2. The third-order valence-corrected chi connectivity index (χ3v) is 9.24. The summed E-state index contributed by atoms with van der Waals surface area (Å²) in [5.74, 6) is 0.613. The molecule has 0 aliphatic carbocycles. The molecule has 0 radical (unpaired) electrons. The number of ether oxygens (including phenoxy) is 1. The zero-order valence-electron chi connectivity index (χ0n) is 26.6. The highest BCUT2D eigenvalue weighted by Gasteiger charge is 2.21. The lowest BCUT2D eigenvalue weighted by Gasteiger charge is -2.15. The van der Waals surface area contributed by atoms with Crippen molar-refractivity contribution in [3.05, 3.63) is 88.0 Å². The average molecular weight is 674 g/mol. The molecule has 2 atom stereocenters. The lowest BCUT2D eigenvalue weighted by Crippen LogP contribution is -2.35. The number of aliphatic hydroxyl groups is 1. The fraction of sp³-hybridized carbons (Fsp3) is 0.306. The number of carbonyl (C=O) groups is 1. The molecule has 47 heavy (non-hydrogen) atoms. The van der Waals surface area contributed by atoms with Crippen LogP contribution < -0.4 is 20.7 Å². The minimum absolute atomic E-state index is 0.103. The third kappa shape index (κ3) is 7.15. The predicted octanol–water partition coefficient (Wildman–Crippen LogP) is 6.12. The Morgan fingerprint density at radius 2 is 1.57 bits per heavy atom.